The summed E-state index contributed by atoms with van der Waals surface area (Å²) in [5.41, 5.74) is -0.223. The Hall–Kier alpha value is -1.14. The van der Waals surface area contributed by atoms with Gasteiger partial charge in [0.2, 0.25) is 11.8 Å². The molecule has 3 aliphatic heterocycles. The van der Waals surface area contributed by atoms with Gasteiger partial charge in [0, 0.05) is 32.5 Å². The summed E-state index contributed by atoms with van der Waals surface area (Å²) in [5, 5.41) is 0. The Kier molecular flexibility index (Phi) is 4.52. The van der Waals surface area contributed by atoms with Gasteiger partial charge >= 0.3 is 0 Å². The normalized spacial score (nSPS) is 28.9. The zero-order chi connectivity index (χ0) is 16.6. The molecule has 6 nitrogen and oxygen atoms in total. The lowest BCUT2D eigenvalue weighted by Crippen LogP contribution is -2.67. The highest BCUT2D eigenvalue weighted by atomic mass is 16.5. The Morgan fingerprint density at radius 1 is 1.04 bits per heavy atom. The molecule has 3 heterocycles. The third-order valence-corrected chi connectivity index (χ3v) is 5.82. The van der Waals surface area contributed by atoms with Crippen molar-refractivity contribution in [3.05, 3.63) is 0 Å². The van der Waals surface area contributed by atoms with Crippen LogP contribution in [0, 0.1) is 5.92 Å². The van der Waals surface area contributed by atoms with Crippen molar-refractivity contribution in [1.29, 1.82) is 0 Å². The molecule has 1 aliphatic carbocycles. The molecule has 0 radical (unpaired) electrons. The van der Waals surface area contributed by atoms with Crippen LogP contribution >= 0.6 is 0 Å². The molecule has 0 bridgehead atoms. The van der Waals surface area contributed by atoms with Gasteiger partial charge in [0.05, 0.1) is 19.2 Å². The first-order valence-corrected chi connectivity index (χ1v) is 9.45. The number of hydrogen-bond acceptors (Lipinski definition) is 4. The van der Waals surface area contributed by atoms with Gasteiger partial charge in [-0.15, -0.1) is 0 Å². The molecular formula is C18H28N2O4. The predicted octanol–water partition coefficient (Wildman–Crippen LogP) is 1.19. The molecule has 1 saturated carbocycles. The van der Waals surface area contributed by atoms with Gasteiger partial charge in [-0.3, -0.25) is 9.59 Å². The molecule has 0 N–H and O–H groups in total. The van der Waals surface area contributed by atoms with Gasteiger partial charge in [-0.2, -0.15) is 0 Å². The first kappa shape index (κ1) is 16.3. The lowest BCUT2D eigenvalue weighted by molar-refractivity contribution is -0.202. The van der Waals surface area contributed by atoms with Crippen LogP contribution in [0.2, 0.25) is 0 Å². The molecule has 1 spiro atoms. The fraction of sp³-hybridized carbons (Fsp3) is 0.889. The predicted molar refractivity (Wildman–Crippen MR) is 87.4 cm³/mol. The van der Waals surface area contributed by atoms with Crippen molar-refractivity contribution in [2.45, 2.75) is 56.7 Å². The van der Waals surface area contributed by atoms with E-state index in [1.807, 2.05) is 9.80 Å². The average molecular weight is 336 g/mol. The molecule has 24 heavy (non-hydrogen) atoms. The summed E-state index contributed by atoms with van der Waals surface area (Å²) in [4.78, 5) is 28.1. The van der Waals surface area contributed by atoms with Gasteiger partial charge < -0.3 is 19.3 Å². The van der Waals surface area contributed by atoms with Crippen LogP contribution in [0.4, 0.5) is 0 Å². The maximum Gasteiger partial charge on any atom is 0.248 e. The number of amides is 2. The van der Waals surface area contributed by atoms with E-state index in [9.17, 15) is 9.59 Å². The molecule has 3 saturated heterocycles. The minimum Gasteiger partial charge on any atom is -0.371 e. The number of rotatable bonds is 5. The Balaban J connectivity index is 1.21. The lowest BCUT2D eigenvalue weighted by atomic mass is 9.84. The number of hydrogen-bond donors (Lipinski definition) is 0. The van der Waals surface area contributed by atoms with E-state index in [1.54, 1.807) is 0 Å². The maximum atomic E-state index is 12.1. The molecule has 1 atom stereocenters. The average Bonchev–Trinajstić information content (AvgIpc) is 3.19. The Bertz CT molecular complexity index is 493. The van der Waals surface area contributed by atoms with E-state index >= 15 is 0 Å². The molecule has 134 valence electrons. The highest BCUT2D eigenvalue weighted by Crippen LogP contribution is 2.38. The maximum absolute atomic E-state index is 12.1. The van der Waals surface area contributed by atoms with Crippen molar-refractivity contribution >= 4 is 11.8 Å². The summed E-state index contributed by atoms with van der Waals surface area (Å²) < 4.78 is 11.9. The number of likely N-dealkylation sites (tertiary alicyclic amines) is 2. The van der Waals surface area contributed by atoms with Gasteiger partial charge in [0.15, 0.2) is 0 Å². The zero-order valence-corrected chi connectivity index (χ0v) is 14.4. The van der Waals surface area contributed by atoms with Crippen molar-refractivity contribution in [1.82, 2.24) is 9.80 Å². The van der Waals surface area contributed by atoms with Gasteiger partial charge in [0.1, 0.15) is 12.2 Å². The summed E-state index contributed by atoms with van der Waals surface area (Å²) in [6.45, 7) is 3.98. The second-order valence-electron chi connectivity index (χ2n) is 7.94. The summed E-state index contributed by atoms with van der Waals surface area (Å²) in [7, 11) is 0. The van der Waals surface area contributed by atoms with Crippen LogP contribution in [-0.4, -0.2) is 72.7 Å². The van der Waals surface area contributed by atoms with Crippen molar-refractivity contribution in [3.8, 4) is 0 Å². The third-order valence-electron chi connectivity index (χ3n) is 5.82. The molecule has 0 aromatic carbocycles. The van der Waals surface area contributed by atoms with E-state index in [0.29, 0.717) is 32.0 Å². The topological polar surface area (TPSA) is 59.1 Å². The SMILES string of the molecule is O=C(CO[C@H]1CCOC2(C1)CN(C(=O)CC1CC1)C2)N1CCCC1. The standard InChI is InChI=1S/C18H28N2O4/c21-16(9-14-3-4-14)20-12-18(13-20)10-15(5-8-24-18)23-11-17(22)19-6-1-2-7-19/h14-15H,1-13H2/t15-/m0/s1. The fourth-order valence-corrected chi connectivity index (χ4v) is 4.12. The van der Waals surface area contributed by atoms with E-state index < -0.39 is 0 Å². The van der Waals surface area contributed by atoms with Crippen LogP contribution in [0.3, 0.4) is 0 Å². The highest BCUT2D eigenvalue weighted by Gasteiger charge is 2.50. The van der Waals surface area contributed by atoms with Crippen molar-refractivity contribution < 1.29 is 19.1 Å². The van der Waals surface area contributed by atoms with Crippen LogP contribution in [0.5, 0.6) is 0 Å². The molecule has 2 amide bonds. The molecule has 6 heteroatoms. The van der Waals surface area contributed by atoms with E-state index in [0.717, 1.165) is 38.8 Å². The highest BCUT2D eigenvalue weighted by molar-refractivity contribution is 5.78. The van der Waals surface area contributed by atoms with E-state index in [1.165, 1.54) is 12.8 Å². The third kappa shape index (κ3) is 3.59. The molecular weight excluding hydrogens is 308 g/mol. The number of carbonyl (C=O) groups is 2. The summed E-state index contributed by atoms with van der Waals surface area (Å²) >= 11 is 0. The smallest absolute Gasteiger partial charge is 0.248 e. The largest absolute Gasteiger partial charge is 0.371 e. The van der Waals surface area contributed by atoms with Crippen molar-refractivity contribution in [3.63, 3.8) is 0 Å². The quantitative estimate of drug-likeness (QED) is 0.757. The number of ether oxygens (including phenoxy) is 2. The summed E-state index contributed by atoms with van der Waals surface area (Å²) in [6.07, 6.45) is 7.06. The molecule has 0 unspecified atom stereocenters. The molecule has 0 aromatic rings. The minimum atomic E-state index is -0.223. The summed E-state index contributed by atoms with van der Waals surface area (Å²) in [5.74, 6) is 1.02. The fourth-order valence-electron chi connectivity index (χ4n) is 4.12. The second kappa shape index (κ2) is 6.64. The van der Waals surface area contributed by atoms with Crippen molar-refractivity contribution in [2.75, 3.05) is 39.4 Å². The first-order valence-electron chi connectivity index (χ1n) is 9.45. The van der Waals surface area contributed by atoms with E-state index in [4.69, 9.17) is 9.47 Å². The number of nitrogens with zero attached hydrogens (tertiary/aromatic N) is 2. The van der Waals surface area contributed by atoms with Crippen LogP contribution in [0.15, 0.2) is 0 Å². The van der Waals surface area contributed by atoms with Crippen LogP contribution in [-0.2, 0) is 19.1 Å². The molecule has 0 aromatic heterocycles. The van der Waals surface area contributed by atoms with E-state index in [-0.39, 0.29) is 30.1 Å². The summed E-state index contributed by atoms with van der Waals surface area (Å²) in [6, 6.07) is 0. The molecule has 4 rings (SSSR count). The molecule has 4 aliphatic rings. The lowest BCUT2D eigenvalue weighted by Gasteiger charge is -2.53. The van der Waals surface area contributed by atoms with Crippen molar-refractivity contribution in [2.24, 2.45) is 5.92 Å². The molecule has 4 fully saturated rings. The monoisotopic (exact) mass is 336 g/mol. The Morgan fingerprint density at radius 2 is 1.79 bits per heavy atom. The van der Waals surface area contributed by atoms with Gasteiger partial charge in [-0.05, 0) is 38.0 Å². The zero-order valence-electron chi connectivity index (χ0n) is 14.4. The van der Waals surface area contributed by atoms with Gasteiger partial charge in [-0.1, -0.05) is 0 Å². The minimum absolute atomic E-state index is 0.0750. The van der Waals surface area contributed by atoms with Crippen LogP contribution in [0.1, 0.15) is 44.9 Å². The Labute approximate surface area is 143 Å². The Morgan fingerprint density at radius 3 is 2.50 bits per heavy atom. The van der Waals surface area contributed by atoms with Crippen LogP contribution < -0.4 is 0 Å². The van der Waals surface area contributed by atoms with Gasteiger partial charge in [-0.25, -0.2) is 0 Å². The first-order chi connectivity index (χ1) is 11.6. The number of carbonyl (C=O) groups excluding carboxylic acids is 2. The van der Waals surface area contributed by atoms with Gasteiger partial charge in [0.25, 0.3) is 0 Å². The van der Waals surface area contributed by atoms with Crippen LogP contribution in [0.25, 0.3) is 0 Å². The second-order valence-corrected chi connectivity index (χ2v) is 7.94. The van der Waals surface area contributed by atoms with E-state index in [2.05, 4.69) is 0 Å².